The molecule has 0 fully saturated rings. The van der Waals surface area contributed by atoms with E-state index in [0.29, 0.717) is 28.9 Å². The van der Waals surface area contributed by atoms with Gasteiger partial charge in [-0.05, 0) is 56.0 Å². The van der Waals surface area contributed by atoms with E-state index < -0.39 is 17.9 Å². The molecule has 2 aromatic carbocycles. The van der Waals surface area contributed by atoms with Crippen LogP contribution in [0, 0.1) is 13.8 Å². The smallest absolute Gasteiger partial charge is 0.339 e. The first kappa shape index (κ1) is 27.0. The van der Waals surface area contributed by atoms with Crippen molar-refractivity contribution in [1.29, 1.82) is 0 Å². The van der Waals surface area contributed by atoms with Crippen LogP contribution in [-0.4, -0.2) is 34.6 Å². The highest BCUT2D eigenvalue weighted by Gasteiger charge is 2.23. The van der Waals surface area contributed by atoms with Crippen molar-refractivity contribution in [3.05, 3.63) is 75.3 Å². The van der Waals surface area contributed by atoms with Crippen molar-refractivity contribution in [2.24, 2.45) is 0 Å². The van der Waals surface area contributed by atoms with Crippen LogP contribution in [0.15, 0.2) is 51.8 Å². The number of rotatable bonds is 12. The summed E-state index contributed by atoms with van der Waals surface area (Å²) in [6, 6.07) is 10.1. The second-order valence-corrected chi connectivity index (χ2v) is 9.68. The lowest BCUT2D eigenvalue weighted by molar-refractivity contribution is -0.142. The Morgan fingerprint density at radius 2 is 1.84 bits per heavy atom. The molecule has 3 N–H and O–H groups in total. The van der Waals surface area contributed by atoms with Gasteiger partial charge in [-0.3, -0.25) is 4.79 Å². The number of carboxylic acids is 1. The lowest BCUT2D eigenvalue weighted by Gasteiger charge is -2.16. The van der Waals surface area contributed by atoms with Crippen LogP contribution in [0.25, 0.3) is 21.9 Å². The molecule has 0 spiro atoms. The lowest BCUT2D eigenvalue weighted by atomic mass is 9.99. The number of aryl methyl sites for hydroxylation is 2. The van der Waals surface area contributed by atoms with Gasteiger partial charge in [-0.15, -0.1) is 0 Å². The van der Waals surface area contributed by atoms with Gasteiger partial charge in [0, 0.05) is 40.0 Å². The van der Waals surface area contributed by atoms with Crippen LogP contribution in [0.3, 0.4) is 0 Å². The number of hydrogen-bond donors (Lipinski definition) is 3. The minimum Gasteiger partial charge on any atom is -0.483 e. The number of aromatic amines is 1. The molecule has 0 aliphatic heterocycles. The van der Waals surface area contributed by atoms with Crippen LogP contribution in [-0.2, 0) is 22.4 Å². The molecule has 8 nitrogen and oxygen atoms in total. The maximum atomic E-state index is 12.7. The molecule has 0 aliphatic carbocycles. The van der Waals surface area contributed by atoms with Crippen LogP contribution in [0.4, 0.5) is 0 Å². The zero-order chi connectivity index (χ0) is 27.2. The summed E-state index contributed by atoms with van der Waals surface area (Å²) in [5.74, 6) is -1.29. The number of aliphatic carboxylic acids is 1. The van der Waals surface area contributed by atoms with E-state index in [1.165, 1.54) is 0 Å². The third-order valence-corrected chi connectivity index (χ3v) is 7.03. The number of carbonyl (C=O) groups excluding carboxylic acids is 1. The van der Waals surface area contributed by atoms with Gasteiger partial charge < -0.3 is 24.6 Å². The first-order chi connectivity index (χ1) is 18.3. The molecule has 0 saturated heterocycles. The highest BCUT2D eigenvalue weighted by Crippen LogP contribution is 2.30. The van der Waals surface area contributed by atoms with Crippen LogP contribution < -0.4 is 15.7 Å². The molecule has 0 bridgehead atoms. The van der Waals surface area contributed by atoms with Crippen LogP contribution in [0.5, 0.6) is 5.75 Å². The van der Waals surface area contributed by atoms with E-state index in [9.17, 15) is 19.5 Å². The summed E-state index contributed by atoms with van der Waals surface area (Å²) < 4.78 is 11.4. The molecule has 4 rings (SSSR count). The molecule has 0 unspecified atom stereocenters. The average Bonchev–Trinajstić information content (AvgIpc) is 3.30. The Bertz CT molecular complexity index is 1520. The quantitative estimate of drug-likeness (QED) is 0.175. The Balaban J connectivity index is 1.44. The van der Waals surface area contributed by atoms with Gasteiger partial charge >= 0.3 is 11.6 Å². The van der Waals surface area contributed by atoms with Crippen molar-refractivity contribution < 1.29 is 23.8 Å². The molecule has 0 saturated carbocycles. The number of amides is 1. The summed E-state index contributed by atoms with van der Waals surface area (Å²) in [5.41, 5.74) is 4.02. The molecule has 200 valence electrons. The first-order valence-corrected chi connectivity index (χ1v) is 13.1. The molecule has 38 heavy (non-hydrogen) atoms. The van der Waals surface area contributed by atoms with E-state index in [0.717, 1.165) is 53.1 Å². The maximum Gasteiger partial charge on any atom is 0.339 e. The van der Waals surface area contributed by atoms with Crippen molar-refractivity contribution in [2.75, 3.05) is 6.61 Å². The van der Waals surface area contributed by atoms with Crippen molar-refractivity contribution >= 4 is 33.7 Å². The topological polar surface area (TPSA) is 122 Å². The fourth-order valence-electron chi connectivity index (χ4n) is 4.84. The van der Waals surface area contributed by atoms with Crippen LogP contribution in [0.2, 0.25) is 0 Å². The summed E-state index contributed by atoms with van der Waals surface area (Å²) in [5, 5.41) is 14.0. The summed E-state index contributed by atoms with van der Waals surface area (Å²) in [6.45, 7) is 5.48. The van der Waals surface area contributed by atoms with Gasteiger partial charge in [-0.25, -0.2) is 9.59 Å². The molecule has 1 amide bonds. The SMILES string of the molecule is CCCCCCc1c(C)c2ccc(OCC(=O)N[C@@H](Cc3c[nH]c4ccccc34)C(=O)O)c(C)c2oc1=O. The molecule has 8 heteroatoms. The number of hydrogen-bond acceptors (Lipinski definition) is 5. The third kappa shape index (κ3) is 5.90. The predicted octanol–water partition coefficient (Wildman–Crippen LogP) is 5.20. The Kier molecular flexibility index (Phi) is 8.51. The van der Waals surface area contributed by atoms with Gasteiger partial charge in [0.15, 0.2) is 6.61 Å². The number of para-hydroxylation sites is 1. The van der Waals surface area contributed by atoms with Crippen molar-refractivity contribution in [1.82, 2.24) is 10.3 Å². The average molecular weight is 519 g/mol. The molecular formula is C30H34N2O6. The van der Waals surface area contributed by atoms with Crippen LogP contribution in [0.1, 0.15) is 54.9 Å². The molecule has 0 aliphatic rings. The Morgan fingerprint density at radius 3 is 2.61 bits per heavy atom. The number of fused-ring (bicyclic) bond motifs is 2. The molecule has 4 aromatic rings. The minimum atomic E-state index is -1.13. The second-order valence-electron chi connectivity index (χ2n) is 9.68. The zero-order valence-electron chi connectivity index (χ0n) is 22.1. The lowest BCUT2D eigenvalue weighted by Crippen LogP contribution is -2.44. The largest absolute Gasteiger partial charge is 0.483 e. The fourth-order valence-corrected chi connectivity index (χ4v) is 4.84. The summed E-state index contributed by atoms with van der Waals surface area (Å²) in [7, 11) is 0. The monoisotopic (exact) mass is 518 g/mol. The standard InChI is InChI=1S/C30H34N2O6/c1-4-5-6-7-10-22-18(2)21-13-14-26(19(3)28(21)38-30(22)36)37-17-27(33)32-25(29(34)35)15-20-16-31-24-12-9-8-11-23(20)24/h8-9,11-14,16,25,31H,4-7,10,15,17H2,1-3H3,(H,32,33)(H,34,35)/t25-/m0/s1. The highest BCUT2D eigenvalue weighted by atomic mass is 16.5. The number of benzene rings is 2. The number of carbonyl (C=O) groups is 2. The Morgan fingerprint density at radius 1 is 1.05 bits per heavy atom. The van der Waals surface area contributed by atoms with Gasteiger partial charge in [0.2, 0.25) is 0 Å². The van der Waals surface area contributed by atoms with Gasteiger partial charge in [-0.2, -0.15) is 0 Å². The van der Waals surface area contributed by atoms with Gasteiger partial charge in [0.25, 0.3) is 5.91 Å². The van der Waals surface area contributed by atoms with Crippen molar-refractivity contribution in [3.63, 3.8) is 0 Å². The maximum absolute atomic E-state index is 12.7. The zero-order valence-corrected chi connectivity index (χ0v) is 22.1. The number of H-pyrrole nitrogens is 1. The molecule has 2 aromatic heterocycles. The van der Waals surface area contributed by atoms with Crippen molar-refractivity contribution in [3.8, 4) is 5.75 Å². The normalized spacial score (nSPS) is 12.1. The number of unbranched alkanes of at least 4 members (excludes halogenated alkanes) is 3. The van der Waals surface area contributed by atoms with Gasteiger partial charge in [-0.1, -0.05) is 44.4 Å². The van der Waals surface area contributed by atoms with Gasteiger partial charge in [0.05, 0.1) is 0 Å². The number of ether oxygens (including phenoxy) is 1. The van der Waals surface area contributed by atoms with Crippen LogP contribution >= 0.6 is 0 Å². The number of carboxylic acid groups (broad SMARTS) is 1. The van der Waals surface area contributed by atoms with Crippen molar-refractivity contribution in [2.45, 2.75) is 65.3 Å². The second kappa shape index (κ2) is 12.0. The molecule has 0 radical (unpaired) electrons. The van der Waals surface area contributed by atoms with E-state index in [-0.39, 0.29) is 18.7 Å². The van der Waals surface area contributed by atoms with E-state index in [1.807, 2.05) is 37.3 Å². The van der Waals surface area contributed by atoms with E-state index in [4.69, 9.17) is 9.15 Å². The highest BCUT2D eigenvalue weighted by molar-refractivity contribution is 5.88. The first-order valence-electron chi connectivity index (χ1n) is 13.1. The summed E-state index contributed by atoms with van der Waals surface area (Å²) >= 11 is 0. The van der Waals surface area contributed by atoms with Gasteiger partial charge in [0.1, 0.15) is 17.4 Å². The fraction of sp³-hybridized carbons (Fsp3) is 0.367. The summed E-state index contributed by atoms with van der Waals surface area (Å²) in [6.07, 6.45) is 6.86. The minimum absolute atomic E-state index is 0.130. The van der Waals surface area contributed by atoms with E-state index in [2.05, 4.69) is 17.2 Å². The molecule has 2 heterocycles. The van der Waals surface area contributed by atoms with E-state index >= 15 is 0 Å². The predicted molar refractivity (Wildman–Crippen MR) is 147 cm³/mol. The summed E-state index contributed by atoms with van der Waals surface area (Å²) in [4.78, 5) is 40.3. The third-order valence-electron chi connectivity index (χ3n) is 7.03. The number of nitrogens with one attached hydrogen (secondary N) is 2. The van der Waals surface area contributed by atoms with E-state index in [1.54, 1.807) is 19.2 Å². The number of aromatic nitrogens is 1. The Labute approximate surface area is 221 Å². The Hall–Kier alpha value is -4.07. The molecular weight excluding hydrogens is 484 g/mol. The molecule has 1 atom stereocenters.